The van der Waals surface area contributed by atoms with E-state index >= 15 is 0 Å². The van der Waals surface area contributed by atoms with Crippen LogP contribution in [0, 0.1) is 17.8 Å². The van der Waals surface area contributed by atoms with E-state index in [4.69, 9.17) is 5.73 Å². The molecular formula is C12H24N2O2S. The summed E-state index contributed by atoms with van der Waals surface area (Å²) in [7, 11) is -3.06. The van der Waals surface area contributed by atoms with Gasteiger partial charge in [-0.2, -0.15) is 0 Å². The molecule has 2 rings (SSSR count). The third-order valence-corrected chi connectivity index (χ3v) is 6.23. The molecule has 2 aliphatic rings. The summed E-state index contributed by atoms with van der Waals surface area (Å²) in [5.41, 5.74) is 6.11. The Bertz CT molecular complexity index is 367. The minimum absolute atomic E-state index is 0.191. The van der Waals surface area contributed by atoms with Crippen LogP contribution in [0.5, 0.6) is 0 Å². The maximum absolute atomic E-state index is 12.2. The van der Waals surface area contributed by atoms with Crippen LogP contribution in [-0.2, 0) is 10.0 Å². The van der Waals surface area contributed by atoms with E-state index in [1.165, 1.54) is 0 Å². The normalized spacial score (nSPS) is 35.2. The lowest BCUT2D eigenvalue weighted by Gasteiger charge is -2.29. The van der Waals surface area contributed by atoms with Crippen molar-refractivity contribution in [2.45, 2.75) is 39.2 Å². The van der Waals surface area contributed by atoms with Gasteiger partial charge in [-0.25, -0.2) is 12.7 Å². The first-order valence-corrected chi connectivity index (χ1v) is 8.24. The number of hydrogen-bond donors (Lipinski definition) is 1. The van der Waals surface area contributed by atoms with Gasteiger partial charge in [-0.3, -0.25) is 0 Å². The van der Waals surface area contributed by atoms with Gasteiger partial charge in [0, 0.05) is 19.1 Å². The molecular weight excluding hydrogens is 236 g/mol. The molecule has 0 amide bonds. The summed E-state index contributed by atoms with van der Waals surface area (Å²) in [5.74, 6) is 1.35. The Labute approximate surface area is 105 Å². The lowest BCUT2D eigenvalue weighted by Crippen LogP contribution is -2.38. The van der Waals surface area contributed by atoms with Crippen molar-refractivity contribution in [2.24, 2.45) is 23.5 Å². The topological polar surface area (TPSA) is 63.4 Å². The number of rotatable bonds is 3. The molecule has 3 unspecified atom stereocenters. The summed E-state index contributed by atoms with van der Waals surface area (Å²) in [6.45, 7) is 5.26. The van der Waals surface area contributed by atoms with Crippen molar-refractivity contribution in [1.29, 1.82) is 0 Å². The van der Waals surface area contributed by atoms with Gasteiger partial charge in [0.25, 0.3) is 0 Å². The van der Waals surface area contributed by atoms with Crippen LogP contribution in [0.1, 0.15) is 33.1 Å². The van der Waals surface area contributed by atoms with E-state index in [2.05, 4.69) is 0 Å². The summed E-state index contributed by atoms with van der Waals surface area (Å²) in [4.78, 5) is 0. The number of nitrogens with zero attached hydrogens (tertiary/aromatic N) is 1. The molecule has 17 heavy (non-hydrogen) atoms. The van der Waals surface area contributed by atoms with E-state index in [0.717, 1.165) is 19.3 Å². The highest BCUT2D eigenvalue weighted by Gasteiger charge is 2.42. The van der Waals surface area contributed by atoms with Gasteiger partial charge in [0.15, 0.2) is 0 Å². The molecule has 3 atom stereocenters. The maximum Gasteiger partial charge on any atom is 0.214 e. The first kappa shape index (κ1) is 13.3. The summed E-state index contributed by atoms with van der Waals surface area (Å²) >= 11 is 0. The van der Waals surface area contributed by atoms with Gasteiger partial charge >= 0.3 is 0 Å². The quantitative estimate of drug-likeness (QED) is 0.824. The Morgan fingerprint density at radius 3 is 2.59 bits per heavy atom. The minimum Gasteiger partial charge on any atom is -0.327 e. The fourth-order valence-electron chi connectivity index (χ4n) is 3.23. The van der Waals surface area contributed by atoms with Crippen LogP contribution in [0.3, 0.4) is 0 Å². The molecule has 4 nitrogen and oxygen atoms in total. The fraction of sp³-hybridized carbons (Fsp3) is 1.00. The molecule has 100 valence electrons. The lowest BCUT2D eigenvalue weighted by molar-refractivity contribution is 0.260. The van der Waals surface area contributed by atoms with Crippen LogP contribution >= 0.6 is 0 Å². The molecule has 0 radical (unpaired) electrons. The Hall–Kier alpha value is -0.130. The molecule has 1 saturated heterocycles. The first-order valence-electron chi connectivity index (χ1n) is 6.63. The van der Waals surface area contributed by atoms with Crippen LogP contribution in [0.15, 0.2) is 0 Å². The highest BCUT2D eigenvalue weighted by molar-refractivity contribution is 7.89. The van der Waals surface area contributed by atoms with E-state index in [1.54, 1.807) is 4.31 Å². The van der Waals surface area contributed by atoms with Gasteiger partial charge in [0.1, 0.15) is 0 Å². The molecule has 1 aliphatic heterocycles. The molecule has 1 saturated carbocycles. The highest BCUT2D eigenvalue weighted by atomic mass is 32.2. The number of nitrogens with two attached hydrogens (primary N) is 1. The van der Waals surface area contributed by atoms with Gasteiger partial charge < -0.3 is 5.73 Å². The van der Waals surface area contributed by atoms with E-state index < -0.39 is 10.0 Å². The molecule has 1 heterocycles. The molecule has 0 aromatic rings. The highest BCUT2D eigenvalue weighted by Crippen LogP contribution is 2.36. The molecule has 5 heteroatoms. The predicted octanol–water partition coefficient (Wildman–Crippen LogP) is 1.03. The van der Waals surface area contributed by atoms with Crippen molar-refractivity contribution < 1.29 is 8.42 Å². The fourth-order valence-corrected chi connectivity index (χ4v) is 5.10. The Morgan fingerprint density at radius 2 is 2.00 bits per heavy atom. The van der Waals surface area contributed by atoms with Gasteiger partial charge in [0.2, 0.25) is 10.0 Å². The second-order valence-electron chi connectivity index (χ2n) is 6.01. The van der Waals surface area contributed by atoms with Crippen molar-refractivity contribution in [2.75, 3.05) is 18.8 Å². The van der Waals surface area contributed by atoms with E-state index in [1.807, 2.05) is 13.8 Å². The minimum atomic E-state index is -3.06. The Balaban J connectivity index is 2.06. The van der Waals surface area contributed by atoms with Crippen LogP contribution in [0.25, 0.3) is 0 Å². The number of sulfonamides is 1. The smallest absolute Gasteiger partial charge is 0.214 e. The third kappa shape index (κ3) is 2.83. The van der Waals surface area contributed by atoms with Crippen molar-refractivity contribution in [3.63, 3.8) is 0 Å². The van der Waals surface area contributed by atoms with Crippen LogP contribution in [0.4, 0.5) is 0 Å². The number of hydrogen-bond acceptors (Lipinski definition) is 3. The van der Waals surface area contributed by atoms with E-state index in [-0.39, 0.29) is 17.7 Å². The monoisotopic (exact) mass is 260 g/mol. The first-order chi connectivity index (χ1) is 7.90. The second-order valence-corrected chi connectivity index (χ2v) is 8.02. The largest absolute Gasteiger partial charge is 0.327 e. The standard InChI is InChI=1S/C12H24N2O2S/c1-9(2)8-17(15,16)14-6-10-4-3-5-12(13)11(10)7-14/h9-12H,3-8,13H2,1-2H3. The zero-order valence-electron chi connectivity index (χ0n) is 10.8. The van der Waals surface area contributed by atoms with Crippen LogP contribution in [0.2, 0.25) is 0 Å². The van der Waals surface area contributed by atoms with E-state index in [0.29, 0.717) is 24.9 Å². The number of fused-ring (bicyclic) bond motifs is 1. The molecule has 2 N–H and O–H groups in total. The summed E-state index contributed by atoms with van der Waals surface area (Å²) in [5, 5.41) is 0. The molecule has 0 bridgehead atoms. The molecule has 0 aromatic heterocycles. The molecule has 0 spiro atoms. The molecule has 2 fully saturated rings. The van der Waals surface area contributed by atoms with Gasteiger partial charge in [-0.05, 0) is 30.6 Å². The average molecular weight is 260 g/mol. The summed E-state index contributed by atoms with van der Waals surface area (Å²) in [6.07, 6.45) is 3.35. The van der Waals surface area contributed by atoms with Gasteiger partial charge in [-0.1, -0.05) is 20.3 Å². The average Bonchev–Trinajstić information content (AvgIpc) is 2.61. The van der Waals surface area contributed by atoms with Crippen LogP contribution < -0.4 is 5.73 Å². The zero-order valence-corrected chi connectivity index (χ0v) is 11.6. The maximum atomic E-state index is 12.2. The SMILES string of the molecule is CC(C)CS(=O)(=O)N1CC2CCCC(N)C2C1. The summed E-state index contributed by atoms with van der Waals surface area (Å²) in [6, 6.07) is 0.202. The Kier molecular flexibility index (Phi) is 3.80. The van der Waals surface area contributed by atoms with Gasteiger partial charge in [0.05, 0.1) is 5.75 Å². The van der Waals surface area contributed by atoms with Crippen LogP contribution in [-0.4, -0.2) is 37.6 Å². The van der Waals surface area contributed by atoms with Gasteiger partial charge in [-0.15, -0.1) is 0 Å². The van der Waals surface area contributed by atoms with Crippen molar-refractivity contribution in [3.05, 3.63) is 0 Å². The van der Waals surface area contributed by atoms with Crippen molar-refractivity contribution >= 4 is 10.0 Å². The van der Waals surface area contributed by atoms with Crippen molar-refractivity contribution in [1.82, 2.24) is 4.31 Å². The third-order valence-electron chi connectivity index (χ3n) is 4.06. The van der Waals surface area contributed by atoms with Crippen molar-refractivity contribution in [3.8, 4) is 0 Å². The lowest BCUT2D eigenvalue weighted by atomic mass is 9.78. The predicted molar refractivity (Wildman–Crippen MR) is 69.0 cm³/mol. The molecule has 1 aliphatic carbocycles. The van der Waals surface area contributed by atoms with E-state index in [9.17, 15) is 8.42 Å². The Morgan fingerprint density at radius 1 is 1.29 bits per heavy atom. The zero-order chi connectivity index (χ0) is 12.6. The second kappa shape index (κ2) is 4.86. The molecule has 0 aromatic carbocycles. The summed E-state index contributed by atoms with van der Waals surface area (Å²) < 4.78 is 26.0.